The van der Waals surface area contributed by atoms with E-state index in [1.54, 1.807) is 6.92 Å². The lowest BCUT2D eigenvalue weighted by Gasteiger charge is -2.29. The van der Waals surface area contributed by atoms with Crippen LogP contribution in [0.2, 0.25) is 10.0 Å². The summed E-state index contributed by atoms with van der Waals surface area (Å²) in [7, 11) is 0. The molecule has 10 heteroatoms. The van der Waals surface area contributed by atoms with Crippen molar-refractivity contribution in [2.45, 2.75) is 38.6 Å². The highest BCUT2D eigenvalue weighted by Gasteiger charge is 2.29. The van der Waals surface area contributed by atoms with E-state index in [1.165, 1.54) is 12.4 Å². The Morgan fingerprint density at radius 3 is 2.68 bits per heavy atom. The molecule has 0 aromatic carbocycles. The number of nitrogens with zero attached hydrogens (tertiary/aromatic N) is 2. The predicted octanol–water partition coefficient (Wildman–Crippen LogP) is 3.91. The zero-order valence-electron chi connectivity index (χ0n) is 15.2. The lowest BCUT2D eigenvalue weighted by Crippen LogP contribution is -2.41. The van der Waals surface area contributed by atoms with E-state index in [9.17, 15) is 9.59 Å². The molecule has 0 bridgehead atoms. The molecule has 1 aliphatic carbocycles. The molecule has 0 radical (unpaired) electrons. The first-order chi connectivity index (χ1) is 13.4. The molecule has 0 spiro atoms. The first-order valence-corrected chi connectivity index (χ1v) is 9.65. The molecule has 1 fully saturated rings. The van der Waals surface area contributed by atoms with E-state index in [0.29, 0.717) is 24.3 Å². The molecule has 8 nitrogen and oxygen atoms in total. The van der Waals surface area contributed by atoms with Crippen molar-refractivity contribution in [2.75, 3.05) is 6.54 Å². The summed E-state index contributed by atoms with van der Waals surface area (Å²) in [6, 6.07) is -0.0626. The van der Waals surface area contributed by atoms with Crippen LogP contribution >= 0.6 is 23.2 Å². The van der Waals surface area contributed by atoms with Gasteiger partial charge in [0, 0.05) is 30.5 Å². The summed E-state index contributed by atoms with van der Waals surface area (Å²) in [6.45, 7) is 2.02. The minimum atomic E-state index is -1.04. The molecule has 3 rings (SSSR count). The number of rotatable bonds is 5. The van der Waals surface area contributed by atoms with Crippen LogP contribution in [0.3, 0.4) is 0 Å². The van der Waals surface area contributed by atoms with E-state index in [0.717, 1.165) is 19.3 Å². The number of hydrogen-bond donors (Lipinski definition) is 3. The Hall–Kier alpha value is -2.32. The molecule has 2 aromatic heterocycles. The number of carbonyl (C=O) groups excluding carboxylic acids is 1. The fourth-order valence-corrected chi connectivity index (χ4v) is 4.09. The standard InChI is InChI=1S/C18H20Cl2N4O4/c1-9-14(16(24-28-9)15-12(19)7-21-8-13(15)20)17(25)23-11-4-2-3-10(5-11)6-22-18(26)27/h7-8,10-11,22H,2-6H2,1H3,(H,23,25)(H,26,27). The van der Waals surface area contributed by atoms with E-state index in [4.69, 9.17) is 32.8 Å². The average molecular weight is 427 g/mol. The molecule has 1 aliphatic rings. The third kappa shape index (κ3) is 4.56. The molecule has 2 unspecified atom stereocenters. The van der Waals surface area contributed by atoms with Gasteiger partial charge in [0.25, 0.3) is 5.91 Å². The summed E-state index contributed by atoms with van der Waals surface area (Å²) < 4.78 is 5.23. The monoisotopic (exact) mass is 426 g/mol. The molecule has 150 valence electrons. The Labute approximate surface area is 171 Å². The summed E-state index contributed by atoms with van der Waals surface area (Å²) in [4.78, 5) is 27.6. The van der Waals surface area contributed by atoms with Crippen LogP contribution in [0.15, 0.2) is 16.9 Å². The fourth-order valence-electron chi connectivity index (χ4n) is 3.54. The van der Waals surface area contributed by atoms with Gasteiger partial charge in [0.2, 0.25) is 0 Å². The summed E-state index contributed by atoms with van der Waals surface area (Å²) in [5, 5.41) is 18.7. The summed E-state index contributed by atoms with van der Waals surface area (Å²) in [6.07, 6.45) is 5.17. The number of amides is 2. The van der Waals surface area contributed by atoms with Gasteiger partial charge in [-0.25, -0.2) is 4.79 Å². The third-order valence-corrected chi connectivity index (χ3v) is 5.41. The normalized spacial score (nSPS) is 19.2. The van der Waals surface area contributed by atoms with Gasteiger partial charge in [0.05, 0.1) is 10.0 Å². The second kappa shape index (κ2) is 8.79. The first kappa shape index (κ1) is 20.4. The maximum absolute atomic E-state index is 13.0. The van der Waals surface area contributed by atoms with Gasteiger partial charge in [0.1, 0.15) is 17.0 Å². The molecule has 0 saturated heterocycles. The lowest BCUT2D eigenvalue weighted by atomic mass is 9.85. The SMILES string of the molecule is Cc1onc(-c2c(Cl)cncc2Cl)c1C(=O)NC1CCCC(CNC(=O)O)C1. The minimum Gasteiger partial charge on any atom is -0.465 e. The minimum absolute atomic E-state index is 0.0626. The molecular weight excluding hydrogens is 407 g/mol. The van der Waals surface area contributed by atoms with Crippen molar-refractivity contribution >= 4 is 35.2 Å². The smallest absolute Gasteiger partial charge is 0.404 e. The summed E-state index contributed by atoms with van der Waals surface area (Å²) >= 11 is 12.4. The van der Waals surface area contributed by atoms with Crippen molar-refractivity contribution in [1.82, 2.24) is 20.8 Å². The van der Waals surface area contributed by atoms with E-state index in [-0.39, 0.29) is 39.2 Å². The van der Waals surface area contributed by atoms with Crippen LogP contribution in [-0.2, 0) is 0 Å². The highest BCUT2D eigenvalue weighted by molar-refractivity contribution is 6.39. The molecular formula is C18H20Cl2N4O4. The third-order valence-electron chi connectivity index (χ3n) is 4.84. The Morgan fingerprint density at radius 2 is 2.00 bits per heavy atom. The first-order valence-electron chi connectivity index (χ1n) is 8.90. The van der Waals surface area contributed by atoms with Crippen LogP contribution in [0.25, 0.3) is 11.3 Å². The van der Waals surface area contributed by atoms with Crippen molar-refractivity contribution in [3.05, 3.63) is 33.8 Å². The summed E-state index contributed by atoms with van der Waals surface area (Å²) in [5.41, 5.74) is 0.945. The van der Waals surface area contributed by atoms with Gasteiger partial charge < -0.3 is 20.3 Å². The molecule has 0 aliphatic heterocycles. The van der Waals surface area contributed by atoms with Gasteiger partial charge in [0.15, 0.2) is 0 Å². The van der Waals surface area contributed by atoms with E-state index in [1.807, 2.05) is 0 Å². The topological polar surface area (TPSA) is 117 Å². The number of carbonyl (C=O) groups is 2. The van der Waals surface area contributed by atoms with Crippen molar-refractivity contribution in [3.63, 3.8) is 0 Å². The van der Waals surface area contributed by atoms with Gasteiger partial charge in [-0.15, -0.1) is 0 Å². The molecule has 28 heavy (non-hydrogen) atoms. The van der Waals surface area contributed by atoms with Crippen molar-refractivity contribution in [2.24, 2.45) is 5.92 Å². The zero-order chi connectivity index (χ0) is 20.3. The van der Waals surface area contributed by atoms with Gasteiger partial charge >= 0.3 is 6.09 Å². The predicted molar refractivity (Wildman–Crippen MR) is 104 cm³/mol. The van der Waals surface area contributed by atoms with Gasteiger partial charge in [-0.05, 0) is 32.1 Å². The largest absolute Gasteiger partial charge is 0.465 e. The van der Waals surface area contributed by atoms with Crippen LogP contribution < -0.4 is 10.6 Å². The number of halogens is 2. The highest BCUT2D eigenvalue weighted by Crippen LogP contribution is 2.36. The maximum atomic E-state index is 13.0. The van der Waals surface area contributed by atoms with Crippen LogP contribution in [-0.4, -0.2) is 39.8 Å². The maximum Gasteiger partial charge on any atom is 0.404 e. The summed E-state index contributed by atoms with van der Waals surface area (Å²) in [5.74, 6) is 0.216. The number of carboxylic acid groups (broad SMARTS) is 1. The fraction of sp³-hybridized carbons (Fsp3) is 0.444. The Balaban J connectivity index is 1.77. The van der Waals surface area contributed by atoms with Gasteiger partial charge in [-0.1, -0.05) is 34.8 Å². The van der Waals surface area contributed by atoms with Crippen LogP contribution in [0, 0.1) is 12.8 Å². The molecule has 3 N–H and O–H groups in total. The molecule has 2 aromatic rings. The zero-order valence-corrected chi connectivity index (χ0v) is 16.7. The molecule has 2 heterocycles. The van der Waals surface area contributed by atoms with E-state index in [2.05, 4.69) is 20.8 Å². The Bertz CT molecular complexity index is 866. The molecule has 2 amide bonds. The lowest BCUT2D eigenvalue weighted by molar-refractivity contribution is 0.0917. The van der Waals surface area contributed by atoms with E-state index >= 15 is 0 Å². The average Bonchev–Trinajstić information content (AvgIpc) is 3.01. The van der Waals surface area contributed by atoms with Crippen LogP contribution in [0.4, 0.5) is 4.79 Å². The molecule has 1 saturated carbocycles. The Kier molecular flexibility index (Phi) is 6.41. The molecule has 2 atom stereocenters. The van der Waals surface area contributed by atoms with Crippen LogP contribution in [0.5, 0.6) is 0 Å². The van der Waals surface area contributed by atoms with Crippen molar-refractivity contribution in [1.29, 1.82) is 0 Å². The quantitative estimate of drug-likeness (QED) is 0.666. The Morgan fingerprint density at radius 1 is 1.29 bits per heavy atom. The van der Waals surface area contributed by atoms with Gasteiger partial charge in [-0.3, -0.25) is 9.78 Å². The number of pyridine rings is 1. The second-order valence-corrected chi connectivity index (χ2v) is 7.64. The van der Waals surface area contributed by atoms with Crippen LogP contribution in [0.1, 0.15) is 41.8 Å². The number of nitrogens with one attached hydrogen (secondary N) is 2. The number of aromatic nitrogens is 2. The van der Waals surface area contributed by atoms with Gasteiger partial charge in [-0.2, -0.15) is 0 Å². The highest BCUT2D eigenvalue weighted by atomic mass is 35.5. The van der Waals surface area contributed by atoms with Crippen molar-refractivity contribution < 1.29 is 19.2 Å². The van der Waals surface area contributed by atoms with E-state index < -0.39 is 6.09 Å². The second-order valence-electron chi connectivity index (χ2n) is 6.83. The van der Waals surface area contributed by atoms with Crippen molar-refractivity contribution in [3.8, 4) is 11.3 Å². The number of aryl methyl sites for hydroxylation is 1. The number of hydrogen-bond acceptors (Lipinski definition) is 5.